The minimum absolute atomic E-state index is 0.239. The Morgan fingerprint density at radius 2 is 1.86 bits per heavy atom. The first-order chi connectivity index (χ1) is 14.0. The molecule has 1 N–H and O–H groups in total. The van der Waals surface area contributed by atoms with Crippen molar-refractivity contribution < 1.29 is 14.0 Å². The lowest BCUT2D eigenvalue weighted by atomic mass is 10.2. The average molecular weight is 486 g/mol. The molecule has 0 atom stereocenters. The van der Waals surface area contributed by atoms with Crippen molar-refractivity contribution in [3.63, 3.8) is 0 Å². The van der Waals surface area contributed by atoms with Gasteiger partial charge in [0.15, 0.2) is 4.32 Å². The zero-order valence-corrected chi connectivity index (χ0v) is 17.9. The minimum atomic E-state index is -0.444. The third-order valence-corrected chi connectivity index (χ3v) is 5.81. The summed E-state index contributed by atoms with van der Waals surface area (Å²) in [6, 6.07) is 14.4. The summed E-state index contributed by atoms with van der Waals surface area (Å²) in [7, 11) is 0. The van der Waals surface area contributed by atoms with Gasteiger partial charge in [0.1, 0.15) is 11.5 Å². The Bertz CT molecular complexity index is 1130. The van der Waals surface area contributed by atoms with E-state index < -0.39 is 11.8 Å². The van der Waals surface area contributed by atoms with Gasteiger partial charge in [0.05, 0.1) is 4.91 Å². The highest BCUT2D eigenvalue weighted by Gasteiger charge is 2.34. The number of hydrazine groups is 1. The number of nitrogens with zero attached hydrogens (tertiary/aromatic N) is 2. The molecule has 0 spiro atoms. The molecule has 0 unspecified atom stereocenters. The van der Waals surface area contributed by atoms with Crippen LogP contribution < -0.4 is 5.43 Å². The summed E-state index contributed by atoms with van der Waals surface area (Å²) in [6.45, 7) is 0. The summed E-state index contributed by atoms with van der Waals surface area (Å²) in [4.78, 5) is 29.2. The molecule has 144 valence electrons. The average Bonchev–Trinajstić information content (AvgIpc) is 3.29. The molecular weight excluding hydrogens is 474 g/mol. The second kappa shape index (κ2) is 8.32. The van der Waals surface area contributed by atoms with Crippen molar-refractivity contribution in [2.24, 2.45) is 0 Å². The van der Waals surface area contributed by atoms with Crippen molar-refractivity contribution in [2.75, 3.05) is 0 Å². The van der Waals surface area contributed by atoms with Gasteiger partial charge < -0.3 is 4.42 Å². The zero-order chi connectivity index (χ0) is 20.4. The lowest BCUT2D eigenvalue weighted by Gasteiger charge is -2.15. The van der Waals surface area contributed by atoms with Gasteiger partial charge in [0, 0.05) is 34.1 Å². The monoisotopic (exact) mass is 485 g/mol. The van der Waals surface area contributed by atoms with E-state index in [1.165, 1.54) is 12.4 Å². The summed E-state index contributed by atoms with van der Waals surface area (Å²) in [5.74, 6) is 0.346. The maximum atomic E-state index is 12.7. The molecule has 0 aliphatic carbocycles. The molecule has 9 heteroatoms. The number of aromatic nitrogens is 1. The first-order valence-corrected chi connectivity index (χ1v) is 10.4. The summed E-state index contributed by atoms with van der Waals surface area (Å²) in [6.07, 6.45) is 4.61. The van der Waals surface area contributed by atoms with Gasteiger partial charge in [-0.2, -0.15) is 5.01 Å². The van der Waals surface area contributed by atoms with Crippen molar-refractivity contribution in [1.82, 2.24) is 15.4 Å². The van der Waals surface area contributed by atoms with Gasteiger partial charge in [-0.05, 0) is 48.6 Å². The molecular formula is C20H12BrN3O3S2. The lowest BCUT2D eigenvalue weighted by molar-refractivity contribution is -0.123. The Morgan fingerprint density at radius 1 is 1.14 bits per heavy atom. The van der Waals surface area contributed by atoms with Crippen LogP contribution in [0.1, 0.15) is 16.1 Å². The Hall–Kier alpha value is -2.75. The molecule has 2 aromatic heterocycles. The predicted octanol–water partition coefficient (Wildman–Crippen LogP) is 4.65. The number of hydrogen-bond donors (Lipinski definition) is 1. The van der Waals surface area contributed by atoms with Crippen LogP contribution in [0.4, 0.5) is 0 Å². The molecule has 29 heavy (non-hydrogen) atoms. The molecule has 0 saturated carbocycles. The van der Waals surface area contributed by atoms with Crippen LogP contribution in [0.2, 0.25) is 0 Å². The van der Waals surface area contributed by atoms with Gasteiger partial charge in [0.25, 0.3) is 11.8 Å². The summed E-state index contributed by atoms with van der Waals surface area (Å²) in [5, 5.41) is 1.06. The van der Waals surface area contributed by atoms with E-state index in [-0.39, 0.29) is 4.32 Å². The van der Waals surface area contributed by atoms with Crippen LogP contribution in [0, 0.1) is 0 Å². The van der Waals surface area contributed by atoms with Gasteiger partial charge in [-0.25, -0.2) is 0 Å². The SMILES string of the molecule is O=C(NN1C(=O)/C(=C/c2ccc(-c3ccc(Br)cc3)o2)SC1=S)c1ccncc1. The number of rotatable bonds is 4. The first kappa shape index (κ1) is 19.6. The van der Waals surface area contributed by atoms with Crippen LogP contribution >= 0.6 is 39.9 Å². The number of furan rings is 1. The molecule has 4 rings (SSSR count). The van der Waals surface area contributed by atoms with E-state index >= 15 is 0 Å². The third-order valence-electron chi connectivity index (χ3n) is 3.98. The smallest absolute Gasteiger partial charge is 0.285 e. The number of halogens is 1. The molecule has 3 heterocycles. The topological polar surface area (TPSA) is 75.4 Å². The zero-order valence-electron chi connectivity index (χ0n) is 14.7. The van der Waals surface area contributed by atoms with Crippen LogP contribution in [-0.2, 0) is 4.79 Å². The van der Waals surface area contributed by atoms with Crippen molar-refractivity contribution in [3.8, 4) is 11.3 Å². The van der Waals surface area contributed by atoms with Crippen LogP contribution in [0.15, 0.2) is 74.7 Å². The summed E-state index contributed by atoms with van der Waals surface area (Å²) in [5.41, 5.74) is 3.83. The molecule has 0 bridgehead atoms. The fraction of sp³-hybridized carbons (Fsp3) is 0. The number of pyridine rings is 1. The molecule has 1 aromatic carbocycles. The van der Waals surface area contributed by atoms with E-state index in [2.05, 4.69) is 26.3 Å². The Balaban J connectivity index is 1.50. The summed E-state index contributed by atoms with van der Waals surface area (Å²) < 4.78 is 7.04. The van der Waals surface area contributed by atoms with Gasteiger partial charge in [-0.1, -0.05) is 39.8 Å². The Labute approximate surface area is 184 Å². The minimum Gasteiger partial charge on any atom is -0.457 e. The second-order valence-corrected chi connectivity index (χ2v) is 8.49. The van der Waals surface area contributed by atoms with Crippen molar-refractivity contribution >= 4 is 62.1 Å². The number of carbonyl (C=O) groups excluding carboxylic acids is 2. The largest absolute Gasteiger partial charge is 0.457 e. The van der Waals surface area contributed by atoms with E-state index in [1.54, 1.807) is 24.3 Å². The van der Waals surface area contributed by atoms with E-state index in [1.807, 2.05) is 30.3 Å². The molecule has 1 aliphatic rings. The maximum Gasteiger partial charge on any atom is 0.285 e. The van der Waals surface area contributed by atoms with Crippen LogP contribution in [0.5, 0.6) is 0 Å². The fourth-order valence-corrected chi connectivity index (χ4v) is 3.99. The molecule has 0 radical (unpaired) electrons. The van der Waals surface area contributed by atoms with Crippen LogP contribution in [0.3, 0.4) is 0 Å². The molecule has 1 aliphatic heterocycles. The molecule has 2 amide bonds. The fourth-order valence-electron chi connectivity index (χ4n) is 2.56. The number of thioether (sulfide) groups is 1. The van der Waals surface area contributed by atoms with E-state index in [0.717, 1.165) is 26.8 Å². The van der Waals surface area contributed by atoms with E-state index in [4.69, 9.17) is 16.6 Å². The highest BCUT2D eigenvalue weighted by Crippen LogP contribution is 2.33. The van der Waals surface area contributed by atoms with Gasteiger partial charge in [0.2, 0.25) is 0 Å². The summed E-state index contributed by atoms with van der Waals surface area (Å²) >= 11 is 9.74. The van der Waals surface area contributed by atoms with Gasteiger partial charge in [-0.15, -0.1) is 0 Å². The van der Waals surface area contributed by atoms with E-state index in [9.17, 15) is 9.59 Å². The van der Waals surface area contributed by atoms with Crippen molar-refractivity contribution in [1.29, 1.82) is 0 Å². The number of nitrogens with one attached hydrogen (secondary N) is 1. The number of carbonyl (C=O) groups is 2. The van der Waals surface area contributed by atoms with Crippen LogP contribution in [0.25, 0.3) is 17.4 Å². The highest BCUT2D eigenvalue weighted by atomic mass is 79.9. The van der Waals surface area contributed by atoms with Gasteiger partial charge in [-0.3, -0.25) is 20.0 Å². The van der Waals surface area contributed by atoms with Crippen molar-refractivity contribution in [2.45, 2.75) is 0 Å². The number of thiocarbonyl (C=S) groups is 1. The first-order valence-electron chi connectivity index (χ1n) is 8.36. The Morgan fingerprint density at radius 3 is 2.59 bits per heavy atom. The number of benzene rings is 1. The normalized spacial score (nSPS) is 15.2. The predicted molar refractivity (Wildman–Crippen MR) is 119 cm³/mol. The Kier molecular flexibility index (Phi) is 5.61. The van der Waals surface area contributed by atoms with Crippen LogP contribution in [-0.4, -0.2) is 26.1 Å². The number of amides is 2. The molecule has 6 nitrogen and oxygen atoms in total. The van der Waals surface area contributed by atoms with Crippen molar-refractivity contribution in [3.05, 3.63) is 81.6 Å². The molecule has 1 fully saturated rings. The molecule has 1 saturated heterocycles. The van der Waals surface area contributed by atoms with Gasteiger partial charge >= 0.3 is 0 Å². The quantitative estimate of drug-likeness (QED) is 0.428. The van der Waals surface area contributed by atoms with E-state index in [0.29, 0.717) is 22.0 Å². The standard InChI is InChI=1S/C20H12BrN3O3S2/c21-14-3-1-12(2-4-14)16-6-5-15(27-16)11-17-19(26)24(20(28)29-17)23-18(25)13-7-9-22-10-8-13/h1-11H,(H,23,25)/b17-11-. The maximum absolute atomic E-state index is 12.7. The second-order valence-electron chi connectivity index (χ2n) is 5.90. The lowest BCUT2D eigenvalue weighted by Crippen LogP contribution is -2.44. The number of hydrogen-bond acceptors (Lipinski definition) is 6. The third kappa shape index (κ3) is 4.31. The highest BCUT2D eigenvalue weighted by molar-refractivity contribution is 9.10. The molecule has 3 aromatic rings.